The Morgan fingerprint density at radius 1 is 1.54 bits per heavy atom. The summed E-state index contributed by atoms with van der Waals surface area (Å²) < 4.78 is 0. The predicted octanol–water partition coefficient (Wildman–Crippen LogP) is 1.05. The molecule has 1 amide bonds. The van der Waals surface area contributed by atoms with Gasteiger partial charge in [-0.15, -0.1) is 0 Å². The van der Waals surface area contributed by atoms with Crippen LogP contribution in [0.3, 0.4) is 0 Å². The van der Waals surface area contributed by atoms with Gasteiger partial charge in [0.15, 0.2) is 0 Å². The van der Waals surface area contributed by atoms with Gasteiger partial charge in [-0.2, -0.15) is 0 Å². The Hall–Kier alpha value is -0.0900. The van der Waals surface area contributed by atoms with Crippen LogP contribution in [0.2, 0.25) is 0 Å². The molecule has 0 saturated heterocycles. The van der Waals surface area contributed by atoms with E-state index in [4.69, 9.17) is 0 Å². The molecule has 2 atom stereocenters. The minimum Gasteiger partial charge on any atom is -0.393 e. The van der Waals surface area contributed by atoms with Gasteiger partial charge in [0, 0.05) is 18.3 Å². The van der Waals surface area contributed by atoms with Crippen LogP contribution in [0.4, 0.5) is 0 Å². The summed E-state index contributed by atoms with van der Waals surface area (Å²) in [6.07, 6.45) is 3.16. The average molecular weight is 250 g/mol. The first-order valence-electron chi connectivity index (χ1n) is 4.73. The zero-order chi connectivity index (χ0) is 9.68. The smallest absolute Gasteiger partial charge is 0.220 e. The molecule has 3 nitrogen and oxygen atoms in total. The maximum absolute atomic E-state index is 11.1. The summed E-state index contributed by atoms with van der Waals surface area (Å²) in [7, 11) is 0. The van der Waals surface area contributed by atoms with E-state index in [0.29, 0.717) is 17.7 Å². The number of alkyl halides is 1. The van der Waals surface area contributed by atoms with Crippen LogP contribution in [0.15, 0.2) is 0 Å². The Morgan fingerprint density at radius 3 is 2.85 bits per heavy atom. The molecule has 1 aliphatic rings. The van der Waals surface area contributed by atoms with Crippen molar-refractivity contribution in [2.24, 2.45) is 5.92 Å². The molecule has 2 unspecified atom stereocenters. The number of rotatable bonds is 4. The number of aliphatic hydroxyl groups is 1. The highest BCUT2D eigenvalue weighted by Crippen LogP contribution is 2.24. The van der Waals surface area contributed by atoms with E-state index in [1.807, 2.05) is 0 Å². The summed E-state index contributed by atoms with van der Waals surface area (Å²) in [6.45, 7) is 0.725. The van der Waals surface area contributed by atoms with Gasteiger partial charge in [0.1, 0.15) is 0 Å². The van der Waals surface area contributed by atoms with Gasteiger partial charge in [-0.05, 0) is 25.2 Å². The van der Waals surface area contributed by atoms with Gasteiger partial charge in [-0.3, -0.25) is 4.79 Å². The molecule has 0 heterocycles. The molecule has 4 heteroatoms. The van der Waals surface area contributed by atoms with Gasteiger partial charge < -0.3 is 10.4 Å². The summed E-state index contributed by atoms with van der Waals surface area (Å²) in [6, 6.07) is 0. The molecule has 0 aromatic heterocycles. The lowest BCUT2D eigenvalue weighted by molar-refractivity contribution is -0.120. The third kappa shape index (κ3) is 4.09. The molecule has 0 spiro atoms. The number of nitrogens with one attached hydrogen (secondary N) is 1. The first-order valence-corrected chi connectivity index (χ1v) is 5.85. The van der Waals surface area contributed by atoms with E-state index in [9.17, 15) is 9.90 Å². The van der Waals surface area contributed by atoms with E-state index in [-0.39, 0.29) is 12.0 Å². The summed E-state index contributed by atoms with van der Waals surface area (Å²) >= 11 is 3.21. The molecule has 76 valence electrons. The number of aliphatic hydroxyl groups excluding tert-OH is 1. The Labute approximate surface area is 87.0 Å². The van der Waals surface area contributed by atoms with Gasteiger partial charge in [0.2, 0.25) is 5.91 Å². The first-order chi connectivity index (χ1) is 6.22. The number of hydrogen-bond acceptors (Lipinski definition) is 2. The lowest BCUT2D eigenvalue weighted by atomic mass is 10.1. The Balaban J connectivity index is 2.09. The fourth-order valence-corrected chi connectivity index (χ4v) is 2.03. The Morgan fingerprint density at radius 2 is 2.31 bits per heavy atom. The van der Waals surface area contributed by atoms with Crippen LogP contribution in [-0.4, -0.2) is 29.0 Å². The van der Waals surface area contributed by atoms with Crippen LogP contribution < -0.4 is 5.32 Å². The van der Waals surface area contributed by atoms with Gasteiger partial charge in [-0.1, -0.05) is 15.9 Å². The van der Waals surface area contributed by atoms with E-state index in [1.54, 1.807) is 0 Å². The van der Waals surface area contributed by atoms with Crippen LogP contribution in [0.25, 0.3) is 0 Å². The summed E-state index contributed by atoms with van der Waals surface area (Å²) in [5.41, 5.74) is 0. The van der Waals surface area contributed by atoms with E-state index >= 15 is 0 Å². The normalized spacial score (nSPS) is 27.5. The van der Waals surface area contributed by atoms with Crippen LogP contribution in [0, 0.1) is 5.92 Å². The van der Waals surface area contributed by atoms with Crippen molar-refractivity contribution in [3.05, 3.63) is 0 Å². The van der Waals surface area contributed by atoms with Crippen LogP contribution >= 0.6 is 15.9 Å². The lowest BCUT2D eigenvalue weighted by Crippen LogP contribution is -2.28. The van der Waals surface area contributed by atoms with Crippen LogP contribution in [-0.2, 0) is 4.79 Å². The highest BCUT2D eigenvalue weighted by molar-refractivity contribution is 9.09. The molecular weight excluding hydrogens is 234 g/mol. The molecule has 1 rings (SSSR count). The highest BCUT2D eigenvalue weighted by Gasteiger charge is 2.22. The summed E-state index contributed by atoms with van der Waals surface area (Å²) in [5.74, 6) is 0.576. The number of amides is 1. The lowest BCUT2D eigenvalue weighted by Gasteiger charge is -2.09. The van der Waals surface area contributed by atoms with Crippen molar-refractivity contribution in [2.45, 2.75) is 31.8 Å². The zero-order valence-corrected chi connectivity index (χ0v) is 9.22. The molecule has 1 saturated carbocycles. The molecule has 0 bridgehead atoms. The van der Waals surface area contributed by atoms with Crippen molar-refractivity contribution in [1.29, 1.82) is 0 Å². The number of carbonyl (C=O) groups excluding carboxylic acids is 1. The quantitative estimate of drug-likeness (QED) is 0.733. The van der Waals surface area contributed by atoms with Gasteiger partial charge in [0.05, 0.1) is 6.10 Å². The maximum Gasteiger partial charge on any atom is 0.220 e. The van der Waals surface area contributed by atoms with Crippen molar-refractivity contribution < 1.29 is 9.90 Å². The Kier molecular flexibility index (Phi) is 4.73. The van der Waals surface area contributed by atoms with E-state index < -0.39 is 0 Å². The monoisotopic (exact) mass is 249 g/mol. The number of carbonyl (C=O) groups is 1. The second-order valence-corrected chi connectivity index (χ2v) is 4.37. The van der Waals surface area contributed by atoms with Crippen molar-refractivity contribution >= 4 is 21.8 Å². The topological polar surface area (TPSA) is 49.3 Å². The minimum absolute atomic E-state index is 0.0956. The van der Waals surface area contributed by atoms with Crippen molar-refractivity contribution in [1.82, 2.24) is 5.32 Å². The minimum atomic E-state index is -0.141. The summed E-state index contributed by atoms with van der Waals surface area (Å²) in [4.78, 5) is 11.1. The average Bonchev–Trinajstić information content (AvgIpc) is 2.49. The molecule has 1 fully saturated rings. The molecule has 1 aliphatic carbocycles. The summed E-state index contributed by atoms with van der Waals surface area (Å²) in [5, 5.41) is 12.8. The number of halogens is 1. The molecular formula is C9H16BrNO2. The first kappa shape index (κ1) is 11.0. The fourth-order valence-electron chi connectivity index (χ4n) is 1.67. The van der Waals surface area contributed by atoms with E-state index in [1.165, 1.54) is 0 Å². The van der Waals surface area contributed by atoms with Gasteiger partial charge in [0.25, 0.3) is 0 Å². The molecule has 0 aromatic carbocycles. The molecule has 0 radical (unpaired) electrons. The second kappa shape index (κ2) is 5.60. The standard InChI is InChI=1S/C9H16BrNO2/c10-4-3-9(13)11-6-7-1-2-8(12)5-7/h7-8,12H,1-6H2,(H,11,13). The third-order valence-corrected chi connectivity index (χ3v) is 2.82. The van der Waals surface area contributed by atoms with Crippen LogP contribution in [0.1, 0.15) is 25.7 Å². The zero-order valence-electron chi connectivity index (χ0n) is 7.63. The van der Waals surface area contributed by atoms with Gasteiger partial charge in [-0.25, -0.2) is 0 Å². The maximum atomic E-state index is 11.1. The van der Waals surface area contributed by atoms with Crippen molar-refractivity contribution in [3.8, 4) is 0 Å². The van der Waals surface area contributed by atoms with Gasteiger partial charge >= 0.3 is 0 Å². The predicted molar refractivity (Wildman–Crippen MR) is 54.8 cm³/mol. The van der Waals surface area contributed by atoms with E-state index in [0.717, 1.165) is 25.8 Å². The molecule has 0 aliphatic heterocycles. The van der Waals surface area contributed by atoms with Crippen molar-refractivity contribution in [2.75, 3.05) is 11.9 Å². The largest absolute Gasteiger partial charge is 0.393 e. The third-order valence-electron chi connectivity index (χ3n) is 2.42. The molecule has 13 heavy (non-hydrogen) atoms. The highest BCUT2D eigenvalue weighted by atomic mass is 79.9. The van der Waals surface area contributed by atoms with Crippen LogP contribution in [0.5, 0.6) is 0 Å². The number of hydrogen-bond donors (Lipinski definition) is 2. The Bertz CT molecular complexity index is 175. The van der Waals surface area contributed by atoms with E-state index in [2.05, 4.69) is 21.2 Å². The molecule has 2 N–H and O–H groups in total. The fraction of sp³-hybridized carbons (Fsp3) is 0.889. The second-order valence-electron chi connectivity index (χ2n) is 3.58. The van der Waals surface area contributed by atoms with Crippen molar-refractivity contribution in [3.63, 3.8) is 0 Å². The molecule has 0 aromatic rings. The SMILES string of the molecule is O=C(CCBr)NCC1CCC(O)C1.